The van der Waals surface area contributed by atoms with Crippen LogP contribution in [-0.2, 0) is 110 Å². The number of aromatic nitrogens is 8. The number of nitrogens with one attached hydrogen (secondary N) is 2. The molecule has 8 rings (SSSR count). The number of rotatable bonds is 34. The highest BCUT2D eigenvalue weighted by Gasteiger charge is 2.53. The number of nitrogens with two attached hydrogens (primary N) is 2. The zero-order valence-electron chi connectivity index (χ0n) is 61.0. The molecular formula is C60H101N10O30P3S. The van der Waals surface area contributed by atoms with Crippen LogP contribution in [0.2, 0.25) is 0 Å². The van der Waals surface area contributed by atoms with E-state index >= 15 is 0 Å². The molecule has 0 amide bonds. The van der Waals surface area contributed by atoms with Crippen molar-refractivity contribution in [1.29, 1.82) is 0 Å². The summed E-state index contributed by atoms with van der Waals surface area (Å²) in [6.07, 6.45) is -3.24. The van der Waals surface area contributed by atoms with Crippen LogP contribution in [0.25, 0.3) is 0 Å². The van der Waals surface area contributed by atoms with Crippen molar-refractivity contribution in [1.82, 2.24) is 38.2 Å². The molecule has 592 valence electrons. The summed E-state index contributed by atoms with van der Waals surface area (Å²) in [5.74, 6) is 0.265. The van der Waals surface area contributed by atoms with E-state index in [2.05, 4.69) is 29.0 Å². The molecule has 0 bridgehead atoms. The van der Waals surface area contributed by atoms with E-state index in [9.17, 15) is 52.6 Å². The highest BCUT2D eigenvalue weighted by molar-refractivity contribution is 8.07. The minimum absolute atomic E-state index is 0.116. The van der Waals surface area contributed by atoms with Gasteiger partial charge in [-0.05, 0) is 65.2 Å². The van der Waals surface area contributed by atoms with Crippen molar-refractivity contribution in [2.24, 2.45) is 0 Å². The summed E-state index contributed by atoms with van der Waals surface area (Å²) in [6.45, 7) is 12.8. The van der Waals surface area contributed by atoms with Gasteiger partial charge in [0.25, 0.3) is 11.1 Å². The summed E-state index contributed by atoms with van der Waals surface area (Å²) in [5.41, 5.74) is 9.98. The lowest BCUT2D eigenvalue weighted by Gasteiger charge is -2.27. The summed E-state index contributed by atoms with van der Waals surface area (Å²) in [6, 6.07) is 0. The standard InChI is InChI=1S/C15H26N3O8P.C15H26N3O7PS.C15H25N2O9P.C15H24N2O6/c1-5-10-11(26-27(20,21)23-4)12(24-7-6-22-3)14(25-10)18-8-9(2)13(16)17-15(18)19;1-5-10-11(25-26(20,27)22-4)12(23-7-6-21-3)14(24-10)18-8-9(2)13(16)17-15(18)19;1-5-10-11(26-27(20,21)23-4)12(24-7-6-22-3)14(25-10)17-8-9(2)13(18)16-15(17)19;1-5-10-11(21-4)12(22-7-6-20-3)14(23-10)17-8-9(2)13(18)16-15(17)19/h8,10-12,14H,5-7H2,1-4H3,(H,20,21)(H2,16,17,19);8,10-12,14H,5-7H2,1-4H3,(H,20,27)(H2,16,17,19);8,10-12,14H,5-7H2,1-4H3,(H,20,21)(H,16,18,19);8,10-12,14H,5-7H2,1-4H3,(H,16,18,19)/t10-,11+,12?,14-;10-,11+,12?,14-,26?;2*10-,11+,12?,14-/m1111/s1. The van der Waals surface area contributed by atoms with E-state index in [1.54, 1.807) is 62.1 Å². The molecule has 40 nitrogen and oxygen atoms in total. The molecule has 4 aromatic rings. The number of hydrogen-bond donors (Lipinski definition) is 7. The Hall–Kier alpha value is -5.05. The first-order valence-electron chi connectivity index (χ1n) is 32.9. The number of methoxy groups -OCH3 is 5. The second-order valence-corrected chi connectivity index (χ2v) is 29.4. The molecular weight excluding hydrogens is 1470 g/mol. The van der Waals surface area contributed by atoms with Gasteiger partial charge in [0.2, 0.25) is 0 Å². The van der Waals surface area contributed by atoms with E-state index in [-0.39, 0.29) is 56.9 Å². The van der Waals surface area contributed by atoms with Gasteiger partial charge in [0.15, 0.2) is 24.9 Å². The molecule has 0 saturated carbocycles. The normalized spacial score (nSPS) is 27.6. The topological polar surface area (TPSA) is 502 Å². The number of phosphoric acid groups is 2. The molecule has 0 aliphatic carbocycles. The smallest absolute Gasteiger partial charge is 0.383 e. The fourth-order valence-electron chi connectivity index (χ4n) is 11.2. The second-order valence-electron chi connectivity index (χ2n) is 23.5. The Balaban J connectivity index is 0.000000250. The van der Waals surface area contributed by atoms with E-state index in [4.69, 9.17) is 103 Å². The maximum absolute atomic E-state index is 12.4. The molecule has 4 saturated heterocycles. The average molecular weight is 1570 g/mol. The minimum Gasteiger partial charge on any atom is -0.383 e. The van der Waals surface area contributed by atoms with Gasteiger partial charge in [0.05, 0.1) is 77.3 Å². The molecule has 4 aromatic heterocycles. The number of nitrogen functional groups attached to an aromatic ring is 2. The highest BCUT2D eigenvalue weighted by Crippen LogP contribution is 2.51. The molecule has 9 N–H and O–H groups in total. The lowest BCUT2D eigenvalue weighted by Crippen LogP contribution is -2.41. The number of hydrogen-bond acceptors (Lipinski definition) is 32. The van der Waals surface area contributed by atoms with Crippen LogP contribution in [0.1, 0.15) is 101 Å². The minimum atomic E-state index is -4.33. The third-order valence-corrected chi connectivity index (χ3v) is 20.2. The lowest BCUT2D eigenvalue weighted by molar-refractivity contribution is -0.0839. The van der Waals surface area contributed by atoms with Crippen molar-refractivity contribution < 1.29 is 113 Å². The maximum Gasteiger partial charge on any atom is 0.472 e. The van der Waals surface area contributed by atoms with E-state index in [0.717, 1.165) is 20.6 Å². The predicted octanol–water partition coefficient (Wildman–Crippen LogP) is 1.84. The van der Waals surface area contributed by atoms with E-state index in [1.165, 1.54) is 58.2 Å². The first-order chi connectivity index (χ1) is 49.2. The summed E-state index contributed by atoms with van der Waals surface area (Å²) in [4.78, 5) is 114. The third kappa shape index (κ3) is 24.0. The Bertz CT molecular complexity index is 3760. The molecule has 4 aliphatic rings. The van der Waals surface area contributed by atoms with E-state index < -0.39 is 142 Å². The van der Waals surface area contributed by atoms with Gasteiger partial charge in [0, 0.05) is 104 Å². The summed E-state index contributed by atoms with van der Waals surface area (Å²) < 4.78 is 132. The van der Waals surface area contributed by atoms with Crippen molar-refractivity contribution in [3.8, 4) is 0 Å². The molecule has 4 aliphatic heterocycles. The maximum atomic E-state index is 12.4. The van der Waals surface area contributed by atoms with Crippen molar-refractivity contribution in [2.45, 2.75) is 179 Å². The Labute approximate surface area is 604 Å². The van der Waals surface area contributed by atoms with Crippen molar-refractivity contribution in [3.05, 3.63) is 110 Å². The van der Waals surface area contributed by atoms with E-state index in [1.807, 2.05) is 20.8 Å². The zero-order valence-corrected chi connectivity index (χ0v) is 64.5. The highest BCUT2D eigenvalue weighted by atomic mass is 32.5. The van der Waals surface area contributed by atoms with Gasteiger partial charge in [-0.3, -0.25) is 60.4 Å². The molecule has 0 spiro atoms. The Kier molecular flexibility index (Phi) is 36.2. The van der Waals surface area contributed by atoms with Crippen LogP contribution in [0.4, 0.5) is 11.6 Å². The van der Waals surface area contributed by atoms with Crippen LogP contribution in [0.15, 0.2) is 53.6 Å². The molecule has 0 aromatic carbocycles. The number of nitrogens with zero attached hydrogens (tertiary/aromatic N) is 6. The molecule has 0 radical (unpaired) electrons. The molecule has 4 fully saturated rings. The summed E-state index contributed by atoms with van der Waals surface area (Å²) in [5, 5.41) is 0. The number of anilines is 2. The SMILES string of the molecule is CC[C@H]1O[C@@H](n2cc(C)c(=O)[nH]c2=O)C(OCCOC)[C@H]1OC.CC[C@H]1O[C@@H](n2cc(C)c(=O)[nH]c2=O)C(OCCOC)[C@H]1OP(=O)(O)OC.CC[C@H]1O[C@@H](n2cc(C)c(N)nc2=O)C(OCCOC)[C@H]1OP(=O)(O)OC.CC[C@H]1O[C@@H](n2cc(C)c(N)nc2=O)C(OCCOC)[C@H]1OP(O)(=S)OC. The van der Waals surface area contributed by atoms with Crippen molar-refractivity contribution in [3.63, 3.8) is 0 Å². The van der Waals surface area contributed by atoms with Gasteiger partial charge in [0.1, 0.15) is 60.5 Å². The van der Waals surface area contributed by atoms with Crippen molar-refractivity contribution >= 4 is 45.8 Å². The Morgan fingerprint density at radius 2 is 0.712 bits per heavy atom. The molecule has 8 heterocycles. The predicted molar refractivity (Wildman–Crippen MR) is 373 cm³/mol. The Morgan fingerprint density at radius 1 is 0.433 bits per heavy atom. The summed E-state index contributed by atoms with van der Waals surface area (Å²) >= 11 is 4.98. The van der Waals surface area contributed by atoms with Crippen LogP contribution in [0.3, 0.4) is 0 Å². The van der Waals surface area contributed by atoms with Crippen LogP contribution >= 0.6 is 22.4 Å². The summed E-state index contributed by atoms with van der Waals surface area (Å²) in [7, 11) is 2.47. The second kappa shape index (κ2) is 42.1. The monoisotopic (exact) mass is 1570 g/mol. The average Bonchev–Trinajstić information content (AvgIpc) is 1.64. The number of aromatic amines is 2. The molecule has 19 atom stereocenters. The molecule has 7 unspecified atom stereocenters. The number of aryl methyl sites for hydroxylation is 4. The fourth-order valence-corrected chi connectivity index (χ4v) is 13.4. The van der Waals surface area contributed by atoms with Crippen LogP contribution in [0, 0.1) is 27.7 Å². The van der Waals surface area contributed by atoms with Gasteiger partial charge in [-0.2, -0.15) is 9.97 Å². The number of phosphoric ester groups is 2. The van der Waals surface area contributed by atoms with Gasteiger partial charge in [-0.1, -0.05) is 27.7 Å². The molecule has 44 heteroatoms. The Morgan fingerprint density at radius 3 is 0.990 bits per heavy atom. The van der Waals surface area contributed by atoms with Crippen LogP contribution in [0.5, 0.6) is 0 Å². The fraction of sp³-hybridized carbons (Fsp3) is 0.733. The number of H-pyrrole nitrogens is 2. The lowest BCUT2D eigenvalue weighted by atomic mass is 10.1. The van der Waals surface area contributed by atoms with Gasteiger partial charge >= 0.3 is 45.1 Å². The van der Waals surface area contributed by atoms with Crippen molar-refractivity contribution in [2.75, 3.05) is 121 Å². The molecule has 104 heavy (non-hydrogen) atoms. The van der Waals surface area contributed by atoms with Gasteiger partial charge < -0.3 is 92.3 Å². The quantitative estimate of drug-likeness (QED) is 0.0259. The van der Waals surface area contributed by atoms with Crippen LogP contribution < -0.4 is 45.3 Å². The number of ether oxygens (including phenoxy) is 13. The van der Waals surface area contributed by atoms with Crippen LogP contribution in [-0.4, -0.2) is 236 Å². The first kappa shape index (κ1) is 89.6. The zero-order chi connectivity index (χ0) is 77.6. The third-order valence-electron chi connectivity index (χ3n) is 16.6. The van der Waals surface area contributed by atoms with Gasteiger partial charge in [-0.25, -0.2) is 28.3 Å². The van der Waals surface area contributed by atoms with Gasteiger partial charge in [-0.15, -0.1) is 0 Å². The largest absolute Gasteiger partial charge is 0.472 e. The van der Waals surface area contributed by atoms with E-state index in [0.29, 0.717) is 61.3 Å². The first-order valence-corrected chi connectivity index (χ1v) is 38.4.